The molecular weight excluding hydrogens is 382 g/mol. The molecule has 2 heterocycles. The fourth-order valence-electron chi connectivity index (χ4n) is 3.18. The summed E-state index contributed by atoms with van der Waals surface area (Å²) in [4.78, 5) is 4.71. The van der Waals surface area contributed by atoms with Crippen molar-refractivity contribution in [2.45, 2.75) is 25.8 Å². The third-order valence-electron chi connectivity index (χ3n) is 4.96. The van der Waals surface area contributed by atoms with Crippen LogP contribution in [0.2, 0.25) is 0 Å². The van der Waals surface area contributed by atoms with Gasteiger partial charge in [0.1, 0.15) is 11.5 Å². The van der Waals surface area contributed by atoms with Crippen molar-refractivity contribution >= 4 is 5.96 Å². The first-order valence-electron chi connectivity index (χ1n) is 10.7. The minimum Gasteiger partial charge on any atom is -0.497 e. The van der Waals surface area contributed by atoms with Crippen molar-refractivity contribution in [2.24, 2.45) is 10.9 Å². The van der Waals surface area contributed by atoms with E-state index in [1.807, 2.05) is 36.4 Å². The molecule has 164 valence electrons. The molecule has 0 saturated carbocycles. The quantitative estimate of drug-likeness (QED) is 0.315. The van der Waals surface area contributed by atoms with Crippen LogP contribution in [-0.4, -0.2) is 52.6 Å². The van der Waals surface area contributed by atoms with Crippen LogP contribution in [0.15, 0.2) is 52.1 Å². The van der Waals surface area contributed by atoms with Gasteiger partial charge in [-0.15, -0.1) is 0 Å². The van der Waals surface area contributed by atoms with Crippen LogP contribution in [0.1, 0.15) is 24.2 Å². The molecule has 0 amide bonds. The van der Waals surface area contributed by atoms with Crippen LogP contribution in [0.3, 0.4) is 0 Å². The smallest absolute Gasteiger partial charge is 0.191 e. The Hall–Kier alpha value is -2.51. The number of aliphatic imine (C=N–C) groups is 1. The molecular formula is C23H33N3O4. The van der Waals surface area contributed by atoms with Crippen LogP contribution in [0.5, 0.6) is 5.75 Å². The molecule has 0 spiro atoms. The number of furan rings is 1. The Bertz CT molecular complexity index is 725. The molecule has 1 unspecified atom stereocenters. The number of guanidine groups is 1. The zero-order valence-corrected chi connectivity index (χ0v) is 17.8. The Morgan fingerprint density at radius 3 is 2.77 bits per heavy atom. The van der Waals surface area contributed by atoms with Crippen molar-refractivity contribution in [3.8, 4) is 5.75 Å². The summed E-state index contributed by atoms with van der Waals surface area (Å²) in [5, 5.41) is 6.78. The number of benzene rings is 1. The van der Waals surface area contributed by atoms with Crippen molar-refractivity contribution in [1.82, 2.24) is 10.6 Å². The van der Waals surface area contributed by atoms with Crippen molar-refractivity contribution in [3.63, 3.8) is 0 Å². The number of rotatable bonds is 12. The molecule has 2 aromatic rings. The van der Waals surface area contributed by atoms with Gasteiger partial charge in [-0.05, 0) is 42.7 Å². The van der Waals surface area contributed by atoms with Gasteiger partial charge >= 0.3 is 0 Å². The SMILES string of the molecule is COc1ccc(CN=C(NCCCOCC2CCOC2)NCCc2ccco2)cc1. The van der Waals surface area contributed by atoms with E-state index in [4.69, 9.17) is 23.6 Å². The average Bonchev–Trinajstić information content (AvgIpc) is 3.48. The second-order valence-corrected chi connectivity index (χ2v) is 7.35. The van der Waals surface area contributed by atoms with E-state index in [1.54, 1.807) is 13.4 Å². The van der Waals surface area contributed by atoms with Gasteiger partial charge in [0, 0.05) is 38.6 Å². The number of methoxy groups -OCH3 is 1. The molecule has 0 radical (unpaired) electrons. The van der Waals surface area contributed by atoms with Crippen molar-refractivity contribution in [3.05, 3.63) is 54.0 Å². The first-order chi connectivity index (χ1) is 14.8. The van der Waals surface area contributed by atoms with E-state index in [0.717, 1.165) is 81.8 Å². The van der Waals surface area contributed by atoms with Crippen LogP contribution in [-0.2, 0) is 22.4 Å². The van der Waals surface area contributed by atoms with Crippen LogP contribution >= 0.6 is 0 Å². The largest absolute Gasteiger partial charge is 0.497 e. The van der Waals surface area contributed by atoms with Crippen LogP contribution in [0.4, 0.5) is 0 Å². The maximum Gasteiger partial charge on any atom is 0.191 e. The van der Waals surface area contributed by atoms with Gasteiger partial charge in [0.25, 0.3) is 0 Å². The van der Waals surface area contributed by atoms with Gasteiger partial charge < -0.3 is 29.3 Å². The van der Waals surface area contributed by atoms with Gasteiger partial charge in [-0.3, -0.25) is 0 Å². The molecule has 2 N–H and O–H groups in total. The predicted molar refractivity (Wildman–Crippen MR) is 117 cm³/mol. The second-order valence-electron chi connectivity index (χ2n) is 7.35. The van der Waals surface area contributed by atoms with Gasteiger partial charge in [0.15, 0.2) is 5.96 Å². The van der Waals surface area contributed by atoms with Crippen LogP contribution < -0.4 is 15.4 Å². The van der Waals surface area contributed by atoms with Gasteiger partial charge in [-0.1, -0.05) is 12.1 Å². The second kappa shape index (κ2) is 12.9. The van der Waals surface area contributed by atoms with E-state index >= 15 is 0 Å². The van der Waals surface area contributed by atoms with Gasteiger partial charge in [0.05, 0.1) is 33.1 Å². The topological polar surface area (TPSA) is 77.2 Å². The molecule has 0 bridgehead atoms. The molecule has 1 atom stereocenters. The summed E-state index contributed by atoms with van der Waals surface area (Å²) in [6, 6.07) is 11.9. The molecule has 7 nitrogen and oxygen atoms in total. The Kier molecular flexibility index (Phi) is 9.56. The first-order valence-corrected chi connectivity index (χ1v) is 10.7. The van der Waals surface area contributed by atoms with Gasteiger partial charge in [-0.25, -0.2) is 4.99 Å². The maximum absolute atomic E-state index is 5.78. The zero-order chi connectivity index (χ0) is 20.9. The van der Waals surface area contributed by atoms with E-state index in [9.17, 15) is 0 Å². The lowest BCUT2D eigenvalue weighted by Gasteiger charge is -2.13. The summed E-state index contributed by atoms with van der Waals surface area (Å²) >= 11 is 0. The molecule has 1 saturated heterocycles. The van der Waals surface area contributed by atoms with E-state index in [2.05, 4.69) is 10.6 Å². The number of hydrogen-bond acceptors (Lipinski definition) is 5. The average molecular weight is 416 g/mol. The number of nitrogens with zero attached hydrogens (tertiary/aromatic N) is 1. The van der Waals surface area contributed by atoms with Gasteiger partial charge in [0.2, 0.25) is 0 Å². The fourth-order valence-corrected chi connectivity index (χ4v) is 3.18. The van der Waals surface area contributed by atoms with E-state index < -0.39 is 0 Å². The molecule has 3 rings (SSSR count). The van der Waals surface area contributed by atoms with E-state index in [1.165, 1.54) is 0 Å². The minimum absolute atomic E-state index is 0.558. The van der Waals surface area contributed by atoms with Crippen molar-refractivity contribution < 1.29 is 18.6 Å². The third kappa shape index (κ3) is 8.08. The molecule has 7 heteroatoms. The Morgan fingerprint density at radius 2 is 2.03 bits per heavy atom. The molecule has 1 aromatic heterocycles. The third-order valence-corrected chi connectivity index (χ3v) is 4.96. The fraction of sp³-hybridized carbons (Fsp3) is 0.522. The number of nitrogens with one attached hydrogen (secondary N) is 2. The highest BCUT2D eigenvalue weighted by Crippen LogP contribution is 2.13. The maximum atomic E-state index is 5.78. The highest BCUT2D eigenvalue weighted by Gasteiger charge is 2.15. The zero-order valence-electron chi connectivity index (χ0n) is 17.8. The Labute approximate surface area is 178 Å². The summed E-state index contributed by atoms with van der Waals surface area (Å²) in [6.45, 7) is 5.38. The summed E-state index contributed by atoms with van der Waals surface area (Å²) in [7, 11) is 1.67. The lowest BCUT2D eigenvalue weighted by atomic mass is 10.1. The highest BCUT2D eigenvalue weighted by atomic mass is 16.5. The van der Waals surface area contributed by atoms with Crippen LogP contribution in [0, 0.1) is 5.92 Å². The molecule has 1 aliphatic heterocycles. The van der Waals surface area contributed by atoms with Crippen LogP contribution in [0.25, 0.3) is 0 Å². The standard InChI is InChI=1S/C23H33N3O4/c1-27-21-7-5-19(6-8-21)16-26-23(25-12-9-22-4-2-14-30-22)24-11-3-13-28-17-20-10-15-29-18-20/h2,4-8,14,20H,3,9-13,15-18H2,1H3,(H2,24,25,26). The van der Waals surface area contributed by atoms with E-state index in [-0.39, 0.29) is 0 Å². The minimum atomic E-state index is 0.558. The molecule has 30 heavy (non-hydrogen) atoms. The van der Waals surface area contributed by atoms with Gasteiger partial charge in [-0.2, -0.15) is 0 Å². The predicted octanol–water partition coefficient (Wildman–Crippen LogP) is 3.01. The van der Waals surface area contributed by atoms with Crippen molar-refractivity contribution in [1.29, 1.82) is 0 Å². The number of ether oxygens (including phenoxy) is 3. The summed E-state index contributed by atoms with van der Waals surface area (Å²) in [5.74, 6) is 3.16. The Balaban J connectivity index is 1.41. The number of hydrogen-bond donors (Lipinski definition) is 2. The lowest BCUT2D eigenvalue weighted by Crippen LogP contribution is -2.39. The normalized spacial score (nSPS) is 16.6. The summed E-state index contributed by atoms with van der Waals surface area (Å²) in [5.41, 5.74) is 1.13. The highest BCUT2D eigenvalue weighted by molar-refractivity contribution is 5.79. The van der Waals surface area contributed by atoms with E-state index in [0.29, 0.717) is 12.5 Å². The first kappa shape index (κ1) is 22.2. The lowest BCUT2D eigenvalue weighted by molar-refractivity contribution is 0.0888. The molecule has 0 aliphatic carbocycles. The molecule has 1 aliphatic rings. The molecule has 1 fully saturated rings. The van der Waals surface area contributed by atoms with Crippen molar-refractivity contribution in [2.75, 3.05) is 46.6 Å². The monoisotopic (exact) mass is 415 g/mol. The summed E-state index contributed by atoms with van der Waals surface area (Å²) < 4.78 is 21.8. The summed E-state index contributed by atoms with van der Waals surface area (Å²) in [6.07, 6.45) is 4.54. The molecule has 1 aromatic carbocycles. The Morgan fingerprint density at radius 1 is 1.17 bits per heavy atom.